The first-order valence-corrected chi connectivity index (χ1v) is 8.41. The molecular formula is C19H17N3O5. The van der Waals surface area contributed by atoms with E-state index < -0.39 is 22.9 Å². The van der Waals surface area contributed by atoms with E-state index in [1.165, 1.54) is 0 Å². The molecule has 8 heteroatoms. The molecule has 2 aliphatic rings. The van der Waals surface area contributed by atoms with E-state index in [0.717, 1.165) is 0 Å². The number of carbonyl (C=O) groups excluding carboxylic acids is 2. The third kappa shape index (κ3) is 2.13. The van der Waals surface area contributed by atoms with Crippen LogP contribution in [-0.2, 0) is 19.7 Å². The first-order chi connectivity index (χ1) is 12.9. The maximum atomic E-state index is 13.3. The highest BCUT2D eigenvalue weighted by Gasteiger charge is 2.60. The summed E-state index contributed by atoms with van der Waals surface area (Å²) in [6.07, 6.45) is 0. The number of pyridine rings is 1. The van der Waals surface area contributed by atoms with Crippen molar-refractivity contribution in [3.05, 3.63) is 69.0 Å². The fourth-order valence-corrected chi connectivity index (χ4v) is 3.78. The molecule has 138 valence electrons. The van der Waals surface area contributed by atoms with Gasteiger partial charge in [0.15, 0.2) is 0 Å². The molecule has 0 radical (unpaired) electrons. The summed E-state index contributed by atoms with van der Waals surface area (Å²) in [5, 5.41) is 2.74. The third-order valence-electron chi connectivity index (χ3n) is 4.75. The lowest BCUT2D eigenvalue weighted by molar-refractivity contribution is -0.140. The lowest BCUT2D eigenvalue weighted by Gasteiger charge is -2.34. The number of ether oxygens (including phenoxy) is 2. The summed E-state index contributed by atoms with van der Waals surface area (Å²) in [6.45, 7) is 3.39. The van der Waals surface area contributed by atoms with Crippen LogP contribution in [-0.4, -0.2) is 23.5 Å². The van der Waals surface area contributed by atoms with E-state index in [1.54, 1.807) is 44.2 Å². The SMILES string of the molecule is CCOC(=O)C1=C(N)Oc2cc(C)[nH]c(=O)c2C12C(=O)Nc1ccccc12. The molecule has 0 aliphatic carbocycles. The van der Waals surface area contributed by atoms with Gasteiger partial charge in [0.1, 0.15) is 16.7 Å². The average Bonchev–Trinajstić information content (AvgIpc) is 2.87. The van der Waals surface area contributed by atoms with E-state index in [2.05, 4.69) is 10.3 Å². The number of aryl methyl sites for hydroxylation is 1. The van der Waals surface area contributed by atoms with Crippen LogP contribution in [0.1, 0.15) is 23.7 Å². The topological polar surface area (TPSA) is 124 Å². The van der Waals surface area contributed by atoms with Crippen molar-refractivity contribution in [2.24, 2.45) is 5.73 Å². The summed E-state index contributed by atoms with van der Waals surface area (Å²) in [6, 6.07) is 8.40. The molecule has 0 saturated heterocycles. The van der Waals surface area contributed by atoms with Crippen LogP contribution in [0.25, 0.3) is 0 Å². The van der Waals surface area contributed by atoms with Crippen molar-refractivity contribution >= 4 is 17.6 Å². The van der Waals surface area contributed by atoms with E-state index in [9.17, 15) is 14.4 Å². The number of esters is 1. The Hall–Kier alpha value is -3.55. The van der Waals surface area contributed by atoms with Gasteiger partial charge in [0.05, 0.1) is 12.2 Å². The molecule has 1 aromatic carbocycles. The van der Waals surface area contributed by atoms with Gasteiger partial charge in [0.2, 0.25) is 11.8 Å². The summed E-state index contributed by atoms with van der Waals surface area (Å²) >= 11 is 0. The summed E-state index contributed by atoms with van der Waals surface area (Å²) in [5.41, 5.74) is 5.06. The van der Waals surface area contributed by atoms with E-state index in [1.807, 2.05) is 0 Å². The molecule has 4 N–H and O–H groups in total. The van der Waals surface area contributed by atoms with Crippen LogP contribution >= 0.6 is 0 Å². The smallest absolute Gasteiger partial charge is 0.341 e. The Balaban J connectivity index is 2.15. The molecule has 2 aliphatic heterocycles. The van der Waals surface area contributed by atoms with Crippen molar-refractivity contribution < 1.29 is 19.1 Å². The molecule has 1 atom stereocenters. The summed E-state index contributed by atoms with van der Waals surface area (Å²) in [4.78, 5) is 41.6. The molecule has 8 nitrogen and oxygen atoms in total. The number of H-pyrrole nitrogens is 1. The molecule has 1 spiro atoms. The predicted octanol–water partition coefficient (Wildman–Crippen LogP) is 1.05. The van der Waals surface area contributed by atoms with Gasteiger partial charge in [-0.3, -0.25) is 9.59 Å². The quantitative estimate of drug-likeness (QED) is 0.682. The normalized spacial score (nSPS) is 20.0. The number of hydrogen-bond donors (Lipinski definition) is 3. The number of rotatable bonds is 2. The number of carbonyl (C=O) groups is 2. The summed E-state index contributed by atoms with van der Waals surface area (Å²) in [5.74, 6) is -1.51. The van der Waals surface area contributed by atoms with Gasteiger partial charge >= 0.3 is 5.97 Å². The largest absolute Gasteiger partial charge is 0.462 e. The van der Waals surface area contributed by atoms with Gasteiger partial charge in [-0.25, -0.2) is 4.79 Å². The molecule has 1 aromatic heterocycles. The number of nitrogens with two attached hydrogens (primary N) is 1. The van der Waals surface area contributed by atoms with Gasteiger partial charge in [-0.05, 0) is 19.9 Å². The zero-order valence-electron chi connectivity index (χ0n) is 14.7. The van der Waals surface area contributed by atoms with Gasteiger partial charge in [0, 0.05) is 23.0 Å². The first-order valence-electron chi connectivity index (χ1n) is 8.41. The Labute approximate surface area is 154 Å². The van der Waals surface area contributed by atoms with Crippen molar-refractivity contribution in [2.45, 2.75) is 19.3 Å². The molecule has 0 saturated carbocycles. The Morgan fingerprint density at radius 2 is 2.04 bits per heavy atom. The first kappa shape index (κ1) is 16.9. The van der Waals surface area contributed by atoms with Gasteiger partial charge in [-0.2, -0.15) is 0 Å². The van der Waals surface area contributed by atoms with E-state index in [-0.39, 0.29) is 29.4 Å². The Kier molecular flexibility index (Phi) is 3.59. The van der Waals surface area contributed by atoms with Crippen LogP contribution in [0.4, 0.5) is 5.69 Å². The van der Waals surface area contributed by atoms with Gasteiger partial charge in [-0.15, -0.1) is 0 Å². The highest BCUT2D eigenvalue weighted by atomic mass is 16.5. The highest BCUT2D eigenvalue weighted by molar-refractivity contribution is 6.17. The van der Waals surface area contributed by atoms with Gasteiger partial charge in [-0.1, -0.05) is 18.2 Å². The number of anilines is 1. The lowest BCUT2D eigenvalue weighted by atomic mass is 9.68. The lowest BCUT2D eigenvalue weighted by Crippen LogP contribution is -2.49. The maximum Gasteiger partial charge on any atom is 0.341 e. The number of aromatic amines is 1. The molecule has 27 heavy (non-hydrogen) atoms. The summed E-state index contributed by atoms with van der Waals surface area (Å²) < 4.78 is 10.7. The number of aromatic nitrogens is 1. The Morgan fingerprint density at radius 1 is 1.30 bits per heavy atom. The number of nitrogens with one attached hydrogen (secondary N) is 2. The monoisotopic (exact) mass is 367 g/mol. The maximum absolute atomic E-state index is 13.3. The van der Waals surface area contributed by atoms with Crippen LogP contribution in [0, 0.1) is 6.92 Å². The van der Waals surface area contributed by atoms with Crippen LogP contribution in [0.5, 0.6) is 5.75 Å². The summed E-state index contributed by atoms with van der Waals surface area (Å²) in [7, 11) is 0. The van der Waals surface area contributed by atoms with Crippen LogP contribution in [0.3, 0.4) is 0 Å². The minimum Gasteiger partial charge on any atom is -0.462 e. The fourth-order valence-electron chi connectivity index (χ4n) is 3.78. The predicted molar refractivity (Wildman–Crippen MR) is 96.1 cm³/mol. The molecule has 1 unspecified atom stereocenters. The van der Waals surface area contributed by atoms with Crippen LogP contribution in [0.15, 0.2) is 46.6 Å². The third-order valence-corrected chi connectivity index (χ3v) is 4.75. The van der Waals surface area contributed by atoms with E-state index in [4.69, 9.17) is 15.2 Å². The molecular weight excluding hydrogens is 350 g/mol. The number of hydrogen-bond acceptors (Lipinski definition) is 6. The molecule has 0 fully saturated rings. The van der Waals surface area contributed by atoms with Gasteiger partial charge in [0.25, 0.3) is 5.56 Å². The van der Waals surface area contributed by atoms with Crippen LogP contribution < -0.4 is 21.3 Å². The second kappa shape index (κ2) is 5.73. The minimum absolute atomic E-state index is 0.00723. The van der Waals surface area contributed by atoms with Crippen molar-refractivity contribution in [2.75, 3.05) is 11.9 Å². The zero-order chi connectivity index (χ0) is 19.3. The Bertz CT molecular complexity index is 1080. The number of benzene rings is 1. The van der Waals surface area contributed by atoms with E-state index in [0.29, 0.717) is 16.9 Å². The van der Waals surface area contributed by atoms with Crippen molar-refractivity contribution in [1.82, 2.24) is 4.98 Å². The van der Waals surface area contributed by atoms with Gasteiger partial charge < -0.3 is 25.5 Å². The van der Waals surface area contributed by atoms with Crippen LogP contribution in [0.2, 0.25) is 0 Å². The van der Waals surface area contributed by atoms with Crippen molar-refractivity contribution in [1.29, 1.82) is 0 Å². The molecule has 1 amide bonds. The Morgan fingerprint density at radius 3 is 2.78 bits per heavy atom. The molecule has 4 rings (SSSR count). The molecule has 3 heterocycles. The number of fused-ring (bicyclic) bond motifs is 4. The fraction of sp³-hybridized carbons (Fsp3) is 0.211. The standard InChI is InChI=1S/C19H17N3O5/c1-3-26-17(24)14-15(20)27-12-8-9(2)21-16(23)13(12)19(14)10-6-4-5-7-11(10)22-18(19)25/h4-8H,3,20H2,1-2H3,(H,21,23)(H,22,25). The van der Waals surface area contributed by atoms with Crippen molar-refractivity contribution in [3.8, 4) is 5.75 Å². The highest BCUT2D eigenvalue weighted by Crippen LogP contribution is 2.52. The molecule has 0 bridgehead atoms. The molecule has 2 aromatic rings. The zero-order valence-corrected chi connectivity index (χ0v) is 14.7. The van der Waals surface area contributed by atoms with Crippen molar-refractivity contribution in [3.63, 3.8) is 0 Å². The minimum atomic E-state index is -1.75. The number of para-hydroxylation sites is 1. The number of amides is 1. The second-order valence-electron chi connectivity index (χ2n) is 6.33. The average molecular weight is 367 g/mol. The van der Waals surface area contributed by atoms with E-state index >= 15 is 0 Å². The second-order valence-corrected chi connectivity index (χ2v) is 6.33.